The van der Waals surface area contributed by atoms with Crippen LogP contribution in [0.3, 0.4) is 0 Å². The van der Waals surface area contributed by atoms with Gasteiger partial charge in [0.2, 0.25) is 5.91 Å². The van der Waals surface area contributed by atoms with E-state index in [0.29, 0.717) is 6.54 Å². The minimum Gasteiger partial charge on any atom is -0.329 e. The van der Waals surface area contributed by atoms with Crippen LogP contribution in [0, 0.1) is 5.92 Å². The molecular formula is C16H19BrN2O2. The van der Waals surface area contributed by atoms with E-state index in [-0.39, 0.29) is 23.8 Å². The highest BCUT2D eigenvalue weighted by molar-refractivity contribution is 9.10. The van der Waals surface area contributed by atoms with Crippen LogP contribution in [0.1, 0.15) is 26.7 Å². The summed E-state index contributed by atoms with van der Waals surface area (Å²) in [5.74, 6) is 0.218. The first kappa shape index (κ1) is 14.6. The van der Waals surface area contributed by atoms with Gasteiger partial charge in [-0.2, -0.15) is 0 Å². The highest BCUT2D eigenvalue weighted by Crippen LogP contribution is 2.36. The topological polar surface area (TPSA) is 40.6 Å². The Morgan fingerprint density at radius 2 is 1.90 bits per heavy atom. The van der Waals surface area contributed by atoms with Gasteiger partial charge in [0.05, 0.1) is 5.69 Å². The Balaban J connectivity index is 2.09. The average molecular weight is 351 g/mol. The van der Waals surface area contributed by atoms with Crippen molar-refractivity contribution < 1.29 is 9.59 Å². The van der Waals surface area contributed by atoms with Gasteiger partial charge in [-0.05, 0) is 46.8 Å². The summed E-state index contributed by atoms with van der Waals surface area (Å²) in [6.45, 7) is 4.70. The van der Waals surface area contributed by atoms with Gasteiger partial charge in [-0.15, -0.1) is 0 Å². The maximum absolute atomic E-state index is 12.9. The summed E-state index contributed by atoms with van der Waals surface area (Å²) >= 11 is 3.51. The second-order valence-electron chi connectivity index (χ2n) is 6.04. The number of carbonyl (C=O) groups excluding carboxylic acids is 2. The molecule has 0 aromatic heterocycles. The molecule has 2 atom stereocenters. The Kier molecular flexibility index (Phi) is 3.78. The first-order chi connectivity index (χ1) is 10.0. The van der Waals surface area contributed by atoms with Crippen LogP contribution in [0.25, 0.3) is 0 Å². The van der Waals surface area contributed by atoms with Gasteiger partial charge in [-0.25, -0.2) is 0 Å². The lowest BCUT2D eigenvalue weighted by Gasteiger charge is -2.44. The number of benzene rings is 1. The molecule has 1 aromatic carbocycles. The van der Waals surface area contributed by atoms with Gasteiger partial charge in [0.25, 0.3) is 5.91 Å². The number of hydrogen-bond acceptors (Lipinski definition) is 2. The largest absolute Gasteiger partial charge is 0.329 e. The van der Waals surface area contributed by atoms with Crippen LogP contribution < -0.4 is 4.90 Å². The fourth-order valence-electron chi connectivity index (χ4n) is 3.36. The molecule has 1 aromatic rings. The van der Waals surface area contributed by atoms with Gasteiger partial charge in [0.15, 0.2) is 0 Å². The van der Waals surface area contributed by atoms with Crippen molar-refractivity contribution in [1.82, 2.24) is 4.90 Å². The van der Waals surface area contributed by atoms with Crippen molar-refractivity contribution in [3.05, 3.63) is 28.7 Å². The first-order valence-corrected chi connectivity index (χ1v) is 8.19. The zero-order valence-electron chi connectivity index (χ0n) is 12.3. The van der Waals surface area contributed by atoms with E-state index in [4.69, 9.17) is 0 Å². The van der Waals surface area contributed by atoms with Crippen molar-refractivity contribution in [1.29, 1.82) is 0 Å². The Hall–Kier alpha value is -1.36. The van der Waals surface area contributed by atoms with Crippen molar-refractivity contribution in [2.24, 2.45) is 5.92 Å². The van der Waals surface area contributed by atoms with E-state index >= 15 is 0 Å². The fourth-order valence-corrected chi connectivity index (χ4v) is 3.84. The Morgan fingerprint density at radius 1 is 1.19 bits per heavy atom. The van der Waals surface area contributed by atoms with Gasteiger partial charge in [-0.3, -0.25) is 14.5 Å². The van der Waals surface area contributed by atoms with E-state index in [2.05, 4.69) is 15.9 Å². The van der Waals surface area contributed by atoms with Crippen molar-refractivity contribution in [3.63, 3.8) is 0 Å². The van der Waals surface area contributed by atoms with E-state index < -0.39 is 6.04 Å². The summed E-state index contributed by atoms with van der Waals surface area (Å²) in [6.07, 6.45) is 1.69. The minimum absolute atomic E-state index is 0.0534. The molecule has 3 rings (SSSR count). The molecule has 0 N–H and O–H groups in total. The van der Waals surface area contributed by atoms with Crippen molar-refractivity contribution in [2.45, 2.75) is 38.8 Å². The second-order valence-corrected chi connectivity index (χ2v) is 6.89. The number of anilines is 1. The molecule has 2 fully saturated rings. The minimum atomic E-state index is -0.412. The monoisotopic (exact) mass is 350 g/mol. The number of piperazine rings is 1. The van der Waals surface area contributed by atoms with Crippen LogP contribution in [0.2, 0.25) is 0 Å². The summed E-state index contributed by atoms with van der Waals surface area (Å²) in [5, 5.41) is 0. The quantitative estimate of drug-likeness (QED) is 0.822. The number of hydrogen-bond donors (Lipinski definition) is 0. The van der Waals surface area contributed by atoms with Crippen molar-refractivity contribution in [2.75, 3.05) is 11.4 Å². The molecule has 2 aliphatic rings. The van der Waals surface area contributed by atoms with Gasteiger partial charge < -0.3 is 4.90 Å². The number of rotatable bonds is 2. The number of amides is 2. The normalized spacial score (nSPS) is 25.7. The molecule has 2 aliphatic heterocycles. The predicted octanol–water partition coefficient (Wildman–Crippen LogP) is 2.81. The number of carbonyl (C=O) groups is 2. The molecule has 5 heteroatoms. The van der Waals surface area contributed by atoms with Crippen molar-refractivity contribution in [3.8, 4) is 0 Å². The summed E-state index contributed by atoms with van der Waals surface area (Å²) in [4.78, 5) is 29.2. The number of nitrogens with zero attached hydrogens (tertiary/aromatic N) is 2. The predicted molar refractivity (Wildman–Crippen MR) is 85.0 cm³/mol. The summed E-state index contributed by atoms with van der Waals surface area (Å²) in [7, 11) is 0. The molecule has 0 aliphatic carbocycles. The second kappa shape index (κ2) is 5.44. The lowest BCUT2D eigenvalue weighted by molar-refractivity contribution is -0.145. The molecule has 0 saturated carbocycles. The molecule has 2 unspecified atom stereocenters. The van der Waals surface area contributed by atoms with Gasteiger partial charge in [0, 0.05) is 11.0 Å². The molecule has 21 heavy (non-hydrogen) atoms. The molecule has 4 nitrogen and oxygen atoms in total. The van der Waals surface area contributed by atoms with Gasteiger partial charge >= 0.3 is 0 Å². The molecule has 0 spiro atoms. The van der Waals surface area contributed by atoms with Crippen LogP contribution in [-0.2, 0) is 9.59 Å². The number of para-hydroxylation sites is 1. The maximum atomic E-state index is 12.9. The van der Waals surface area contributed by atoms with Gasteiger partial charge in [0.1, 0.15) is 12.1 Å². The lowest BCUT2D eigenvalue weighted by Crippen LogP contribution is -2.64. The SMILES string of the molecule is CC(C)C1C(=O)N2CCCC2C(=O)N1c1ccccc1Br. The third-order valence-electron chi connectivity index (χ3n) is 4.33. The Labute approximate surface area is 133 Å². The van der Waals surface area contributed by atoms with E-state index in [1.54, 1.807) is 9.80 Å². The average Bonchev–Trinajstić information content (AvgIpc) is 2.93. The maximum Gasteiger partial charge on any atom is 0.250 e. The van der Waals surface area contributed by atoms with Crippen LogP contribution in [0.4, 0.5) is 5.69 Å². The molecule has 2 saturated heterocycles. The van der Waals surface area contributed by atoms with E-state index in [9.17, 15) is 9.59 Å². The van der Waals surface area contributed by atoms with E-state index in [1.807, 2.05) is 38.1 Å². The van der Waals surface area contributed by atoms with Crippen molar-refractivity contribution >= 4 is 33.4 Å². The molecule has 0 bridgehead atoms. The highest BCUT2D eigenvalue weighted by atomic mass is 79.9. The third-order valence-corrected chi connectivity index (χ3v) is 5.00. The number of halogens is 1. The van der Waals surface area contributed by atoms with E-state index in [0.717, 1.165) is 23.0 Å². The van der Waals surface area contributed by atoms with Crippen LogP contribution in [0.5, 0.6) is 0 Å². The van der Waals surface area contributed by atoms with Crippen LogP contribution in [-0.4, -0.2) is 35.3 Å². The lowest BCUT2D eigenvalue weighted by atomic mass is 9.95. The Morgan fingerprint density at radius 3 is 2.57 bits per heavy atom. The molecule has 2 amide bonds. The standard InChI is InChI=1S/C16H19BrN2O2/c1-10(2)14-16(21)18-9-5-8-13(18)15(20)19(14)12-7-4-3-6-11(12)17/h3-4,6-7,10,13-14H,5,8-9H2,1-2H3. The zero-order chi connectivity index (χ0) is 15.1. The first-order valence-electron chi connectivity index (χ1n) is 7.40. The fraction of sp³-hybridized carbons (Fsp3) is 0.500. The third kappa shape index (κ3) is 2.27. The zero-order valence-corrected chi connectivity index (χ0v) is 13.8. The van der Waals surface area contributed by atoms with Crippen LogP contribution in [0.15, 0.2) is 28.7 Å². The summed E-state index contributed by atoms with van der Waals surface area (Å²) < 4.78 is 0.850. The molecule has 2 heterocycles. The Bertz CT molecular complexity index is 587. The smallest absolute Gasteiger partial charge is 0.250 e. The highest BCUT2D eigenvalue weighted by Gasteiger charge is 2.49. The van der Waals surface area contributed by atoms with E-state index in [1.165, 1.54) is 0 Å². The van der Waals surface area contributed by atoms with Crippen LogP contribution >= 0.6 is 15.9 Å². The summed E-state index contributed by atoms with van der Waals surface area (Å²) in [5.41, 5.74) is 0.793. The molecular weight excluding hydrogens is 332 g/mol. The molecule has 0 radical (unpaired) electrons. The number of fused-ring (bicyclic) bond motifs is 1. The summed E-state index contributed by atoms with van der Waals surface area (Å²) in [6, 6.07) is 6.93. The molecule has 112 valence electrons. The van der Waals surface area contributed by atoms with Gasteiger partial charge in [-0.1, -0.05) is 26.0 Å².